The molecule has 0 bridgehead atoms. The number of hydrogen-bond acceptors (Lipinski definition) is 6. The Morgan fingerprint density at radius 1 is 0.938 bits per heavy atom. The van der Waals surface area contributed by atoms with Crippen molar-refractivity contribution in [2.24, 2.45) is 0 Å². The summed E-state index contributed by atoms with van der Waals surface area (Å²) < 4.78 is 90.7. The van der Waals surface area contributed by atoms with Crippen LogP contribution in [0.2, 0.25) is 0 Å². The first-order valence-electron chi connectivity index (χ1n) is 16.6. The molecular weight excluding hydrogens is 648 g/mol. The lowest BCUT2D eigenvalue weighted by Gasteiger charge is -2.40. The molecule has 3 heterocycles. The van der Waals surface area contributed by atoms with Crippen LogP contribution >= 0.6 is 0 Å². The molecule has 0 N–H and O–H groups in total. The van der Waals surface area contributed by atoms with Crippen LogP contribution in [-0.4, -0.2) is 105 Å². The number of alkyl halides is 4. The summed E-state index contributed by atoms with van der Waals surface area (Å²) in [5.41, 5.74) is -1.33. The van der Waals surface area contributed by atoms with Gasteiger partial charge in [-0.2, -0.15) is 13.2 Å². The van der Waals surface area contributed by atoms with Gasteiger partial charge in [-0.3, -0.25) is 9.69 Å². The van der Waals surface area contributed by atoms with Crippen molar-refractivity contribution >= 4 is 21.6 Å². The maximum Gasteiger partial charge on any atom is 0.416 e. The van der Waals surface area contributed by atoms with E-state index in [-0.39, 0.29) is 31.1 Å². The van der Waals surface area contributed by atoms with Crippen LogP contribution in [0.25, 0.3) is 0 Å². The van der Waals surface area contributed by atoms with E-state index in [1.54, 1.807) is 24.1 Å². The first-order chi connectivity index (χ1) is 22.4. The van der Waals surface area contributed by atoms with Crippen molar-refractivity contribution in [1.29, 1.82) is 0 Å². The van der Waals surface area contributed by atoms with E-state index in [0.717, 1.165) is 17.2 Å². The Balaban J connectivity index is 1.35. The number of anilines is 1. The quantitative estimate of drug-likeness (QED) is 0.337. The molecule has 0 aromatic heterocycles. The lowest BCUT2D eigenvalue weighted by Crippen LogP contribution is -2.53. The predicted molar refractivity (Wildman–Crippen MR) is 179 cm³/mol. The molecule has 2 aromatic carbocycles. The second kappa shape index (κ2) is 13.4. The Labute approximate surface area is 282 Å². The van der Waals surface area contributed by atoms with Crippen LogP contribution in [-0.2, 0) is 21.0 Å². The number of hydrogen-bond donors (Lipinski definition) is 0. The zero-order valence-corrected chi connectivity index (χ0v) is 29.5. The minimum atomic E-state index is -4.53. The van der Waals surface area contributed by atoms with Crippen molar-refractivity contribution in [3.05, 3.63) is 59.2 Å². The van der Waals surface area contributed by atoms with Gasteiger partial charge in [0, 0.05) is 70.5 Å². The number of nitrogens with zero attached hydrogens (tertiary/aromatic N) is 4. The number of rotatable bonds is 7. The fourth-order valence-corrected chi connectivity index (χ4v) is 8.84. The number of carbonyl (C=O) groups is 1. The van der Waals surface area contributed by atoms with E-state index in [4.69, 9.17) is 4.74 Å². The van der Waals surface area contributed by atoms with Gasteiger partial charge < -0.3 is 14.5 Å². The van der Waals surface area contributed by atoms with Crippen LogP contribution < -0.4 is 9.64 Å². The predicted octanol–water partition coefficient (Wildman–Crippen LogP) is 5.89. The van der Waals surface area contributed by atoms with Gasteiger partial charge in [0.2, 0.25) is 15.7 Å². The monoisotopic (exact) mass is 696 g/mol. The molecule has 3 aliphatic heterocycles. The Kier molecular flexibility index (Phi) is 10.2. The molecule has 3 fully saturated rings. The number of ether oxygens (including phenoxy) is 1. The summed E-state index contributed by atoms with van der Waals surface area (Å²) in [6.45, 7) is 7.55. The van der Waals surface area contributed by atoms with Gasteiger partial charge >= 0.3 is 6.18 Å². The van der Waals surface area contributed by atoms with E-state index in [1.807, 2.05) is 42.7 Å². The van der Waals surface area contributed by atoms with E-state index in [1.165, 1.54) is 30.5 Å². The standard InChI is InChI=1S/C35H48F4N4O4S/c1-33(2,3)43-22-30(25-7-10-27(47-6)11-8-25)34(36,23-43)32(44)42-17-13-24(14-18-42)29-12-9-26(35(37,38)39)21-31(29)41-19-15-28(16-20-41)48(45,46)40(4)5/h7-12,21,24,28,30H,13-20,22-23H2,1-6H3/t30-,34-/m0/s1. The van der Waals surface area contributed by atoms with Crippen molar-refractivity contribution in [2.75, 3.05) is 65.4 Å². The van der Waals surface area contributed by atoms with Crippen LogP contribution in [0.15, 0.2) is 42.5 Å². The SMILES string of the molecule is COc1ccc([C@@H]2CN(C(C)(C)C)C[C@@]2(F)C(=O)N2CCC(c3ccc(C(F)(F)F)cc3N3CCC(S(=O)(=O)N(C)C)CC3)CC2)cc1. The van der Waals surface area contributed by atoms with Crippen LogP contribution in [0, 0.1) is 0 Å². The van der Waals surface area contributed by atoms with Crippen LogP contribution in [0.3, 0.4) is 0 Å². The average molecular weight is 697 g/mol. The van der Waals surface area contributed by atoms with Gasteiger partial charge in [0.05, 0.1) is 17.9 Å². The highest BCUT2D eigenvalue weighted by Gasteiger charge is 2.57. The lowest BCUT2D eigenvalue weighted by atomic mass is 9.83. The lowest BCUT2D eigenvalue weighted by molar-refractivity contribution is -0.145. The molecule has 266 valence electrons. The van der Waals surface area contributed by atoms with Gasteiger partial charge in [-0.15, -0.1) is 0 Å². The molecule has 0 unspecified atom stereocenters. The molecule has 3 aliphatic rings. The molecule has 13 heteroatoms. The number of sulfonamides is 1. The van der Waals surface area contributed by atoms with Gasteiger partial charge in [0.25, 0.3) is 5.91 Å². The van der Waals surface area contributed by atoms with E-state index in [9.17, 15) is 26.4 Å². The van der Waals surface area contributed by atoms with Crippen LogP contribution in [0.5, 0.6) is 5.75 Å². The Bertz CT molecular complexity index is 1560. The van der Waals surface area contributed by atoms with Crippen LogP contribution in [0.1, 0.15) is 75.0 Å². The van der Waals surface area contributed by atoms with Crippen molar-refractivity contribution in [3.63, 3.8) is 0 Å². The third-order valence-electron chi connectivity index (χ3n) is 10.5. The van der Waals surface area contributed by atoms with Crippen molar-refractivity contribution in [2.45, 2.75) is 80.9 Å². The Morgan fingerprint density at radius 3 is 2.06 bits per heavy atom. The summed E-state index contributed by atoms with van der Waals surface area (Å²) in [4.78, 5) is 19.5. The highest BCUT2D eigenvalue weighted by Crippen LogP contribution is 2.45. The fourth-order valence-electron chi connectivity index (χ4n) is 7.44. The summed E-state index contributed by atoms with van der Waals surface area (Å²) in [7, 11) is 1.06. The number of piperidine rings is 2. The molecule has 0 radical (unpaired) electrons. The molecular formula is C35H48F4N4O4S. The van der Waals surface area contributed by atoms with Gasteiger partial charge in [-0.05, 0) is 87.8 Å². The second-order valence-corrected chi connectivity index (χ2v) is 17.0. The molecule has 0 saturated carbocycles. The summed E-state index contributed by atoms with van der Waals surface area (Å²) >= 11 is 0. The largest absolute Gasteiger partial charge is 0.497 e. The van der Waals surface area contributed by atoms with Gasteiger partial charge in [0.1, 0.15) is 5.75 Å². The fraction of sp³-hybridized carbons (Fsp3) is 0.629. The van der Waals surface area contributed by atoms with Crippen molar-refractivity contribution in [3.8, 4) is 5.75 Å². The second-order valence-electron chi connectivity index (χ2n) is 14.6. The first kappa shape index (κ1) is 36.4. The van der Waals surface area contributed by atoms with Gasteiger partial charge in [-0.1, -0.05) is 18.2 Å². The summed E-state index contributed by atoms with van der Waals surface area (Å²) in [6.07, 6.45) is -2.97. The molecule has 8 nitrogen and oxygen atoms in total. The number of halogens is 4. The molecule has 1 amide bonds. The number of benzene rings is 2. The van der Waals surface area contributed by atoms with Crippen molar-refractivity contribution in [1.82, 2.24) is 14.1 Å². The molecule has 5 rings (SSSR count). The van der Waals surface area contributed by atoms with E-state index >= 15 is 4.39 Å². The van der Waals surface area contributed by atoms with E-state index in [2.05, 4.69) is 0 Å². The molecule has 3 saturated heterocycles. The Morgan fingerprint density at radius 2 is 1.54 bits per heavy atom. The first-order valence-corrected chi connectivity index (χ1v) is 18.1. The van der Waals surface area contributed by atoms with E-state index in [0.29, 0.717) is 56.8 Å². The highest BCUT2D eigenvalue weighted by molar-refractivity contribution is 7.89. The van der Waals surface area contributed by atoms with Gasteiger partial charge in [0.15, 0.2) is 0 Å². The molecule has 48 heavy (non-hydrogen) atoms. The minimum absolute atomic E-state index is 0.0332. The molecule has 0 spiro atoms. The van der Waals surface area contributed by atoms with Gasteiger partial charge in [-0.25, -0.2) is 17.1 Å². The summed E-state index contributed by atoms with van der Waals surface area (Å²) in [5, 5.41) is -0.591. The molecule has 2 aromatic rings. The maximum atomic E-state index is 17.2. The number of likely N-dealkylation sites (tertiary alicyclic amines) is 2. The number of carbonyl (C=O) groups excluding carboxylic acids is 1. The van der Waals surface area contributed by atoms with Crippen molar-refractivity contribution < 1.29 is 35.5 Å². The average Bonchev–Trinajstić information content (AvgIpc) is 3.43. The summed E-state index contributed by atoms with van der Waals surface area (Å²) in [6, 6.07) is 11.0. The zero-order chi connectivity index (χ0) is 35.2. The third-order valence-corrected chi connectivity index (χ3v) is 12.8. The third kappa shape index (κ3) is 7.19. The minimum Gasteiger partial charge on any atom is -0.497 e. The highest BCUT2D eigenvalue weighted by atomic mass is 32.2. The number of methoxy groups -OCH3 is 1. The Hall–Kier alpha value is -2.90. The topological polar surface area (TPSA) is 73.4 Å². The molecule has 2 atom stereocenters. The summed E-state index contributed by atoms with van der Waals surface area (Å²) in [5.74, 6) is -0.719. The number of amides is 1. The molecule has 0 aliphatic carbocycles. The zero-order valence-electron chi connectivity index (χ0n) is 28.7. The smallest absolute Gasteiger partial charge is 0.416 e. The van der Waals surface area contributed by atoms with Crippen LogP contribution in [0.4, 0.5) is 23.2 Å². The maximum absolute atomic E-state index is 17.2. The van der Waals surface area contributed by atoms with E-state index < -0.39 is 44.5 Å². The normalized spacial score (nSPS) is 24.0.